The van der Waals surface area contributed by atoms with Crippen molar-refractivity contribution >= 4 is 17.9 Å². The SMILES string of the molecule is COc1ccc(-c2[nH]c(=S)[nH]c(=O)c2C#N)cc1[N+](=O)[O-]. The maximum atomic E-state index is 11.7. The minimum absolute atomic E-state index is 0.0208. The first-order valence-electron chi connectivity index (χ1n) is 5.57. The summed E-state index contributed by atoms with van der Waals surface area (Å²) in [5.41, 5.74) is -0.732. The van der Waals surface area contributed by atoms with Gasteiger partial charge in [0.25, 0.3) is 5.56 Å². The summed E-state index contributed by atoms with van der Waals surface area (Å²) in [5, 5.41) is 20.1. The fourth-order valence-corrected chi connectivity index (χ4v) is 1.99. The van der Waals surface area contributed by atoms with Gasteiger partial charge in [0.1, 0.15) is 11.6 Å². The summed E-state index contributed by atoms with van der Waals surface area (Å²) >= 11 is 4.85. The quantitative estimate of drug-likeness (QED) is 0.506. The number of nitriles is 1. The highest BCUT2D eigenvalue weighted by atomic mass is 32.1. The number of nitro benzene ring substituents is 1. The Morgan fingerprint density at radius 1 is 1.43 bits per heavy atom. The van der Waals surface area contributed by atoms with Crippen molar-refractivity contribution in [3.63, 3.8) is 0 Å². The van der Waals surface area contributed by atoms with Crippen molar-refractivity contribution in [2.24, 2.45) is 0 Å². The minimum atomic E-state index is -0.658. The van der Waals surface area contributed by atoms with Gasteiger partial charge in [0.2, 0.25) is 0 Å². The number of nitrogens with one attached hydrogen (secondary N) is 2. The average molecular weight is 304 g/mol. The number of aromatic nitrogens is 2. The monoisotopic (exact) mass is 304 g/mol. The number of methoxy groups -OCH3 is 1. The summed E-state index contributed by atoms with van der Waals surface area (Å²) < 4.78 is 4.92. The van der Waals surface area contributed by atoms with Gasteiger partial charge < -0.3 is 9.72 Å². The van der Waals surface area contributed by atoms with Crippen LogP contribution < -0.4 is 10.3 Å². The van der Waals surface area contributed by atoms with Gasteiger partial charge in [0.15, 0.2) is 10.5 Å². The van der Waals surface area contributed by atoms with E-state index in [1.54, 1.807) is 6.07 Å². The molecule has 0 saturated carbocycles. The number of H-pyrrole nitrogens is 2. The lowest BCUT2D eigenvalue weighted by atomic mass is 10.1. The van der Waals surface area contributed by atoms with Gasteiger partial charge in [-0.25, -0.2) is 0 Å². The lowest BCUT2D eigenvalue weighted by Gasteiger charge is -2.06. The molecule has 0 unspecified atom stereocenters. The van der Waals surface area contributed by atoms with E-state index in [-0.39, 0.29) is 33.0 Å². The molecule has 2 rings (SSSR count). The summed E-state index contributed by atoms with van der Waals surface area (Å²) in [6.07, 6.45) is 0. The van der Waals surface area contributed by atoms with Crippen LogP contribution in [0.4, 0.5) is 5.69 Å². The van der Waals surface area contributed by atoms with Gasteiger partial charge in [0.05, 0.1) is 17.7 Å². The molecule has 0 bridgehead atoms. The molecule has 0 fully saturated rings. The molecule has 0 atom stereocenters. The number of ether oxygens (including phenoxy) is 1. The third kappa shape index (κ3) is 2.65. The molecule has 21 heavy (non-hydrogen) atoms. The Balaban J connectivity index is 2.77. The van der Waals surface area contributed by atoms with Crippen LogP contribution in [0.1, 0.15) is 5.56 Å². The fourth-order valence-electron chi connectivity index (χ4n) is 1.80. The zero-order valence-corrected chi connectivity index (χ0v) is 11.5. The molecule has 106 valence electrons. The highest BCUT2D eigenvalue weighted by Gasteiger charge is 2.18. The van der Waals surface area contributed by atoms with E-state index >= 15 is 0 Å². The number of hydrogen-bond donors (Lipinski definition) is 2. The van der Waals surface area contributed by atoms with Crippen molar-refractivity contribution in [2.45, 2.75) is 0 Å². The standard InChI is InChI=1S/C12H8N4O4S/c1-20-9-3-2-6(4-8(9)16(18)19)10-7(5-13)11(17)15-12(21)14-10/h2-4H,1H3,(H2,14,15,17,21). The number of benzene rings is 1. The number of rotatable bonds is 3. The predicted molar refractivity (Wildman–Crippen MR) is 75.6 cm³/mol. The predicted octanol–water partition coefficient (Wildman–Crippen LogP) is 1.89. The molecule has 0 aliphatic heterocycles. The molecule has 0 saturated heterocycles. The average Bonchev–Trinajstić information content (AvgIpc) is 2.45. The molecule has 2 aromatic rings. The van der Waals surface area contributed by atoms with Crippen molar-refractivity contribution in [3.05, 3.63) is 49.0 Å². The van der Waals surface area contributed by atoms with Gasteiger partial charge in [-0.05, 0) is 24.4 Å². The fraction of sp³-hybridized carbons (Fsp3) is 0.0833. The zero-order chi connectivity index (χ0) is 15.6. The maximum absolute atomic E-state index is 11.7. The number of nitro groups is 1. The second kappa shape index (κ2) is 5.56. The lowest BCUT2D eigenvalue weighted by molar-refractivity contribution is -0.385. The van der Waals surface area contributed by atoms with Gasteiger partial charge in [-0.2, -0.15) is 5.26 Å². The molecular weight excluding hydrogens is 296 g/mol. The second-order valence-electron chi connectivity index (χ2n) is 3.91. The van der Waals surface area contributed by atoms with E-state index in [4.69, 9.17) is 22.2 Å². The van der Waals surface area contributed by atoms with Crippen molar-refractivity contribution in [1.82, 2.24) is 9.97 Å². The molecule has 1 aromatic heterocycles. The van der Waals surface area contributed by atoms with E-state index in [9.17, 15) is 14.9 Å². The molecule has 0 aliphatic rings. The van der Waals surface area contributed by atoms with Gasteiger partial charge >= 0.3 is 5.69 Å². The van der Waals surface area contributed by atoms with Crippen LogP contribution >= 0.6 is 12.2 Å². The van der Waals surface area contributed by atoms with E-state index in [0.29, 0.717) is 0 Å². The molecule has 9 heteroatoms. The molecule has 1 heterocycles. The van der Waals surface area contributed by atoms with Gasteiger partial charge in [0, 0.05) is 11.6 Å². The van der Waals surface area contributed by atoms with Crippen LogP contribution in [-0.4, -0.2) is 22.0 Å². The minimum Gasteiger partial charge on any atom is -0.490 e. The number of nitrogens with zero attached hydrogens (tertiary/aromatic N) is 2. The molecule has 0 aliphatic carbocycles. The second-order valence-corrected chi connectivity index (χ2v) is 4.32. The Hall–Kier alpha value is -2.99. The van der Waals surface area contributed by atoms with Crippen LogP contribution in [0.15, 0.2) is 23.0 Å². The van der Waals surface area contributed by atoms with Crippen LogP contribution in [0.25, 0.3) is 11.3 Å². The van der Waals surface area contributed by atoms with Crippen LogP contribution in [-0.2, 0) is 0 Å². The van der Waals surface area contributed by atoms with Gasteiger partial charge in [-0.1, -0.05) is 0 Å². The third-order valence-electron chi connectivity index (χ3n) is 2.72. The smallest absolute Gasteiger partial charge is 0.311 e. The van der Waals surface area contributed by atoms with E-state index in [0.717, 1.165) is 0 Å². The summed E-state index contributed by atoms with van der Waals surface area (Å²) in [6, 6.07) is 5.83. The van der Waals surface area contributed by atoms with Crippen LogP contribution in [0, 0.1) is 26.2 Å². The maximum Gasteiger partial charge on any atom is 0.311 e. The van der Waals surface area contributed by atoms with Gasteiger partial charge in [-0.15, -0.1) is 0 Å². The first kappa shape index (κ1) is 14.4. The summed E-state index contributed by atoms with van der Waals surface area (Å²) in [5.74, 6) is 0.0747. The van der Waals surface area contributed by atoms with Crippen molar-refractivity contribution in [1.29, 1.82) is 5.26 Å². The highest BCUT2D eigenvalue weighted by molar-refractivity contribution is 7.71. The Kier molecular flexibility index (Phi) is 3.82. The molecular formula is C12H8N4O4S. The Morgan fingerprint density at radius 2 is 2.14 bits per heavy atom. The molecule has 2 N–H and O–H groups in total. The van der Waals surface area contributed by atoms with E-state index in [1.165, 1.54) is 25.3 Å². The summed E-state index contributed by atoms with van der Waals surface area (Å²) in [6.45, 7) is 0. The van der Waals surface area contributed by atoms with Crippen molar-refractivity contribution in [3.8, 4) is 23.1 Å². The Labute approximate surface area is 122 Å². The number of hydrogen-bond acceptors (Lipinski definition) is 6. The van der Waals surface area contributed by atoms with E-state index in [2.05, 4.69) is 9.97 Å². The molecule has 0 spiro atoms. The number of aromatic amines is 2. The largest absolute Gasteiger partial charge is 0.490 e. The third-order valence-corrected chi connectivity index (χ3v) is 2.92. The normalized spacial score (nSPS) is 9.90. The lowest BCUT2D eigenvalue weighted by Crippen LogP contribution is -2.13. The first-order valence-corrected chi connectivity index (χ1v) is 5.98. The van der Waals surface area contributed by atoms with Gasteiger partial charge in [-0.3, -0.25) is 19.9 Å². The summed E-state index contributed by atoms with van der Waals surface area (Å²) in [7, 11) is 1.31. The molecule has 0 radical (unpaired) electrons. The van der Waals surface area contributed by atoms with Crippen molar-refractivity contribution < 1.29 is 9.66 Å². The molecule has 1 aromatic carbocycles. The summed E-state index contributed by atoms with van der Waals surface area (Å²) in [4.78, 5) is 27.0. The molecule has 0 amide bonds. The highest BCUT2D eigenvalue weighted by Crippen LogP contribution is 2.31. The van der Waals surface area contributed by atoms with Crippen molar-refractivity contribution in [2.75, 3.05) is 7.11 Å². The topological polar surface area (TPSA) is 125 Å². The van der Waals surface area contributed by atoms with Crippen LogP contribution in [0.2, 0.25) is 0 Å². The molecule has 8 nitrogen and oxygen atoms in total. The first-order chi connectivity index (χ1) is 9.97. The Morgan fingerprint density at radius 3 is 2.71 bits per heavy atom. The van der Waals surface area contributed by atoms with Crippen LogP contribution in [0.5, 0.6) is 5.75 Å². The zero-order valence-electron chi connectivity index (χ0n) is 10.7. The van der Waals surface area contributed by atoms with E-state index in [1.807, 2.05) is 0 Å². The Bertz CT molecular complexity index is 878. The van der Waals surface area contributed by atoms with E-state index < -0.39 is 10.5 Å². The van der Waals surface area contributed by atoms with Crippen LogP contribution in [0.3, 0.4) is 0 Å².